The molecule has 116 valence electrons. The van der Waals surface area contributed by atoms with Crippen molar-refractivity contribution >= 4 is 11.6 Å². The summed E-state index contributed by atoms with van der Waals surface area (Å²) in [6.07, 6.45) is 2.83. The van der Waals surface area contributed by atoms with Crippen molar-refractivity contribution in [2.45, 2.75) is 33.1 Å². The van der Waals surface area contributed by atoms with Gasteiger partial charge in [-0.1, -0.05) is 6.92 Å². The smallest absolute Gasteiger partial charge is 0.224 e. The first-order valence-electron chi connectivity index (χ1n) is 7.93. The van der Waals surface area contributed by atoms with Gasteiger partial charge in [-0.3, -0.25) is 4.79 Å². The van der Waals surface area contributed by atoms with Gasteiger partial charge < -0.3 is 15.0 Å². The molecule has 1 heterocycles. The van der Waals surface area contributed by atoms with Crippen LogP contribution in [0.25, 0.3) is 0 Å². The second kappa shape index (κ2) is 7.91. The SMILES string of the molecule is CCOc1ccc(NCCC(=O)N2CCC(C)CC2)cc1. The summed E-state index contributed by atoms with van der Waals surface area (Å²) in [5, 5.41) is 3.29. The van der Waals surface area contributed by atoms with Gasteiger partial charge in [0.2, 0.25) is 5.91 Å². The number of anilines is 1. The van der Waals surface area contributed by atoms with Crippen LogP contribution in [0.4, 0.5) is 5.69 Å². The minimum absolute atomic E-state index is 0.264. The molecule has 1 aromatic rings. The summed E-state index contributed by atoms with van der Waals surface area (Å²) in [7, 11) is 0. The van der Waals surface area contributed by atoms with Gasteiger partial charge in [0.1, 0.15) is 5.75 Å². The van der Waals surface area contributed by atoms with E-state index in [2.05, 4.69) is 12.2 Å². The molecule has 1 aliphatic heterocycles. The number of carbonyl (C=O) groups excluding carboxylic acids is 1. The fourth-order valence-corrected chi connectivity index (χ4v) is 2.57. The van der Waals surface area contributed by atoms with Crippen molar-refractivity contribution in [1.82, 2.24) is 4.90 Å². The van der Waals surface area contributed by atoms with Crippen molar-refractivity contribution in [2.24, 2.45) is 5.92 Å². The third kappa shape index (κ3) is 4.96. The van der Waals surface area contributed by atoms with E-state index >= 15 is 0 Å². The van der Waals surface area contributed by atoms with E-state index in [4.69, 9.17) is 4.74 Å². The lowest BCUT2D eigenvalue weighted by Gasteiger charge is -2.30. The topological polar surface area (TPSA) is 41.6 Å². The van der Waals surface area contributed by atoms with E-state index in [1.165, 1.54) is 0 Å². The molecule has 1 saturated heterocycles. The van der Waals surface area contributed by atoms with E-state index in [-0.39, 0.29) is 5.91 Å². The van der Waals surface area contributed by atoms with Crippen LogP contribution in [0.5, 0.6) is 5.75 Å². The zero-order chi connectivity index (χ0) is 15.1. The Morgan fingerprint density at radius 2 is 1.95 bits per heavy atom. The molecule has 0 bridgehead atoms. The van der Waals surface area contributed by atoms with Crippen molar-refractivity contribution in [2.75, 3.05) is 31.6 Å². The predicted octanol–water partition coefficient (Wildman–Crippen LogP) is 3.15. The lowest BCUT2D eigenvalue weighted by Crippen LogP contribution is -2.38. The average Bonchev–Trinajstić information content (AvgIpc) is 2.50. The number of amides is 1. The van der Waals surface area contributed by atoms with Gasteiger partial charge in [-0.15, -0.1) is 0 Å². The number of ether oxygens (including phenoxy) is 1. The van der Waals surface area contributed by atoms with Gasteiger partial charge in [-0.2, -0.15) is 0 Å². The molecule has 0 saturated carbocycles. The molecule has 4 heteroatoms. The normalized spacial score (nSPS) is 15.8. The van der Waals surface area contributed by atoms with E-state index in [0.717, 1.165) is 43.3 Å². The van der Waals surface area contributed by atoms with Crippen LogP contribution in [0, 0.1) is 5.92 Å². The molecule has 0 aliphatic carbocycles. The number of hydrogen-bond acceptors (Lipinski definition) is 3. The average molecular weight is 290 g/mol. The number of piperidine rings is 1. The molecular formula is C17H26N2O2. The molecule has 0 atom stereocenters. The molecule has 1 fully saturated rings. The molecule has 4 nitrogen and oxygen atoms in total. The predicted molar refractivity (Wildman–Crippen MR) is 85.7 cm³/mol. The number of hydrogen-bond donors (Lipinski definition) is 1. The Balaban J connectivity index is 1.70. The number of nitrogens with zero attached hydrogens (tertiary/aromatic N) is 1. The monoisotopic (exact) mass is 290 g/mol. The molecule has 2 rings (SSSR count). The first kappa shape index (κ1) is 15.7. The summed E-state index contributed by atoms with van der Waals surface area (Å²) in [6.45, 7) is 7.43. The zero-order valence-corrected chi connectivity index (χ0v) is 13.1. The minimum atomic E-state index is 0.264. The Morgan fingerprint density at radius 3 is 2.57 bits per heavy atom. The van der Waals surface area contributed by atoms with Crippen LogP contribution < -0.4 is 10.1 Å². The minimum Gasteiger partial charge on any atom is -0.494 e. The summed E-state index contributed by atoms with van der Waals surface area (Å²) in [5.74, 6) is 1.90. The highest BCUT2D eigenvalue weighted by Crippen LogP contribution is 2.17. The van der Waals surface area contributed by atoms with Crippen LogP contribution in [0.1, 0.15) is 33.1 Å². The van der Waals surface area contributed by atoms with Crippen molar-refractivity contribution in [3.63, 3.8) is 0 Å². The third-order valence-corrected chi connectivity index (χ3v) is 3.97. The first-order valence-corrected chi connectivity index (χ1v) is 7.93. The lowest BCUT2D eigenvalue weighted by molar-refractivity contribution is -0.132. The highest BCUT2D eigenvalue weighted by atomic mass is 16.5. The molecule has 21 heavy (non-hydrogen) atoms. The second-order valence-corrected chi connectivity index (χ2v) is 5.70. The Kier molecular flexibility index (Phi) is 5.90. The molecule has 0 radical (unpaired) electrons. The fourth-order valence-electron chi connectivity index (χ4n) is 2.57. The maximum absolute atomic E-state index is 12.1. The van der Waals surface area contributed by atoms with Crippen molar-refractivity contribution < 1.29 is 9.53 Å². The van der Waals surface area contributed by atoms with Crippen molar-refractivity contribution in [3.05, 3.63) is 24.3 Å². The number of rotatable bonds is 6. The Bertz CT molecular complexity index is 437. The highest BCUT2D eigenvalue weighted by Gasteiger charge is 2.19. The van der Waals surface area contributed by atoms with Gasteiger partial charge in [0, 0.05) is 31.7 Å². The Hall–Kier alpha value is -1.71. The number of likely N-dealkylation sites (tertiary alicyclic amines) is 1. The summed E-state index contributed by atoms with van der Waals surface area (Å²) in [5.41, 5.74) is 1.03. The Labute approximate surface area is 127 Å². The Morgan fingerprint density at radius 1 is 1.29 bits per heavy atom. The van der Waals surface area contributed by atoms with Crippen molar-refractivity contribution in [3.8, 4) is 5.75 Å². The summed E-state index contributed by atoms with van der Waals surface area (Å²) < 4.78 is 5.40. The second-order valence-electron chi connectivity index (χ2n) is 5.70. The molecule has 1 amide bonds. The molecule has 1 aliphatic rings. The number of carbonyl (C=O) groups is 1. The van der Waals surface area contributed by atoms with Gasteiger partial charge in [0.15, 0.2) is 0 Å². The van der Waals surface area contributed by atoms with Crippen LogP contribution in [0.3, 0.4) is 0 Å². The number of benzene rings is 1. The standard InChI is InChI=1S/C17H26N2O2/c1-3-21-16-6-4-15(5-7-16)18-11-8-17(20)19-12-9-14(2)10-13-19/h4-7,14,18H,3,8-13H2,1-2H3. The molecule has 0 unspecified atom stereocenters. The maximum Gasteiger partial charge on any atom is 0.224 e. The van der Waals surface area contributed by atoms with Crippen LogP contribution >= 0.6 is 0 Å². The maximum atomic E-state index is 12.1. The van der Waals surface area contributed by atoms with Gasteiger partial charge >= 0.3 is 0 Å². The van der Waals surface area contributed by atoms with Crippen molar-refractivity contribution in [1.29, 1.82) is 0 Å². The quantitative estimate of drug-likeness (QED) is 0.875. The highest BCUT2D eigenvalue weighted by molar-refractivity contribution is 5.76. The largest absolute Gasteiger partial charge is 0.494 e. The summed E-state index contributed by atoms with van der Waals surface area (Å²) in [6, 6.07) is 7.86. The van der Waals surface area contributed by atoms with Gasteiger partial charge in [-0.25, -0.2) is 0 Å². The fraction of sp³-hybridized carbons (Fsp3) is 0.588. The van der Waals surface area contributed by atoms with Crippen LogP contribution in [0.2, 0.25) is 0 Å². The summed E-state index contributed by atoms with van der Waals surface area (Å²) >= 11 is 0. The lowest BCUT2D eigenvalue weighted by atomic mass is 9.99. The van der Waals surface area contributed by atoms with E-state index in [0.29, 0.717) is 19.6 Å². The first-order chi connectivity index (χ1) is 10.2. The third-order valence-electron chi connectivity index (χ3n) is 3.97. The van der Waals surface area contributed by atoms with Gasteiger partial charge in [-0.05, 0) is 49.9 Å². The van der Waals surface area contributed by atoms with Crippen LogP contribution in [-0.2, 0) is 4.79 Å². The molecule has 0 aromatic heterocycles. The van der Waals surface area contributed by atoms with Crippen LogP contribution in [-0.4, -0.2) is 37.0 Å². The molecular weight excluding hydrogens is 264 g/mol. The molecule has 0 spiro atoms. The van der Waals surface area contributed by atoms with Crippen LogP contribution in [0.15, 0.2) is 24.3 Å². The van der Waals surface area contributed by atoms with E-state index < -0.39 is 0 Å². The molecule has 1 N–H and O–H groups in total. The van der Waals surface area contributed by atoms with E-state index in [1.54, 1.807) is 0 Å². The van der Waals surface area contributed by atoms with Gasteiger partial charge in [0.25, 0.3) is 0 Å². The molecule has 1 aromatic carbocycles. The van der Waals surface area contributed by atoms with E-state index in [1.807, 2.05) is 36.1 Å². The number of nitrogens with one attached hydrogen (secondary N) is 1. The summed E-state index contributed by atoms with van der Waals surface area (Å²) in [4.78, 5) is 14.1. The van der Waals surface area contributed by atoms with Gasteiger partial charge in [0.05, 0.1) is 6.61 Å². The zero-order valence-electron chi connectivity index (χ0n) is 13.1. The van der Waals surface area contributed by atoms with E-state index in [9.17, 15) is 4.79 Å².